The number of nitrogens with one attached hydrogen (secondary N) is 1. The second-order valence-electron chi connectivity index (χ2n) is 10.2. The van der Waals surface area contributed by atoms with Gasteiger partial charge in [-0.3, -0.25) is 0 Å². The molecule has 0 amide bonds. The molecule has 0 bridgehead atoms. The predicted octanol–water partition coefficient (Wildman–Crippen LogP) is 4.00. The Kier molecular flexibility index (Phi) is 6.90. The Balaban J connectivity index is 1.60. The fourth-order valence-corrected chi connectivity index (χ4v) is 5.64. The van der Waals surface area contributed by atoms with Crippen molar-refractivity contribution in [3.05, 3.63) is 42.6 Å². The molecule has 2 saturated heterocycles. The van der Waals surface area contributed by atoms with Crippen molar-refractivity contribution < 1.29 is 9.47 Å². The highest BCUT2D eigenvalue weighted by Crippen LogP contribution is 2.35. The van der Waals surface area contributed by atoms with E-state index in [-0.39, 0.29) is 12.2 Å². The highest BCUT2D eigenvalue weighted by atomic mass is 16.5. The third kappa shape index (κ3) is 4.67. The molecule has 0 saturated carbocycles. The van der Waals surface area contributed by atoms with Crippen LogP contribution < -0.4 is 15.0 Å². The van der Waals surface area contributed by atoms with Gasteiger partial charge in [0.25, 0.3) is 0 Å². The predicted molar refractivity (Wildman–Crippen MR) is 145 cm³/mol. The Bertz CT molecular complexity index is 1230. The summed E-state index contributed by atoms with van der Waals surface area (Å²) in [5.41, 5.74) is 4.59. The topological polar surface area (TPSA) is 67.7 Å². The molecule has 1 aromatic carbocycles. The first-order valence-corrected chi connectivity index (χ1v) is 12.9. The molecule has 4 heterocycles. The van der Waals surface area contributed by atoms with E-state index in [2.05, 4.69) is 65.4 Å². The molecule has 5 rings (SSSR count). The van der Waals surface area contributed by atoms with E-state index in [1.807, 2.05) is 19.3 Å². The summed E-state index contributed by atoms with van der Waals surface area (Å²) in [5.74, 6) is 2.67. The second kappa shape index (κ2) is 10.1. The summed E-state index contributed by atoms with van der Waals surface area (Å²) in [6.07, 6.45) is 4.61. The summed E-state index contributed by atoms with van der Waals surface area (Å²) in [6, 6.07) is 8.88. The lowest BCUT2D eigenvalue weighted by atomic mass is 10.1. The molecule has 192 valence electrons. The first-order chi connectivity index (χ1) is 17.4. The van der Waals surface area contributed by atoms with Crippen LogP contribution in [0, 0.1) is 0 Å². The SMILES string of the molecule is C=C(NC)c1cc(OC)c2c(c1)nc(-c1ccc(N3CCC[C@@H]3C)nc1)n2C[C@@H]1CN(C)C[C@H](C)O1. The Morgan fingerprint density at radius 2 is 2.08 bits per heavy atom. The zero-order valence-electron chi connectivity index (χ0n) is 22.1. The van der Waals surface area contributed by atoms with Crippen molar-refractivity contribution in [1.82, 2.24) is 24.8 Å². The normalized spacial score (nSPS) is 22.8. The Morgan fingerprint density at radius 1 is 1.25 bits per heavy atom. The molecule has 0 spiro atoms. The fourth-order valence-electron chi connectivity index (χ4n) is 5.64. The molecule has 8 heteroatoms. The third-order valence-corrected chi connectivity index (χ3v) is 7.43. The molecular weight excluding hydrogens is 452 g/mol. The van der Waals surface area contributed by atoms with E-state index in [0.717, 1.165) is 64.9 Å². The number of hydrogen-bond acceptors (Lipinski definition) is 7. The molecule has 2 aliphatic rings. The van der Waals surface area contributed by atoms with Crippen LogP contribution in [0.2, 0.25) is 0 Å². The van der Waals surface area contributed by atoms with Crippen LogP contribution in [-0.4, -0.2) is 78.5 Å². The number of fused-ring (bicyclic) bond motifs is 1. The van der Waals surface area contributed by atoms with Crippen molar-refractivity contribution in [3.8, 4) is 17.1 Å². The summed E-state index contributed by atoms with van der Waals surface area (Å²) in [4.78, 5) is 14.7. The van der Waals surface area contributed by atoms with Gasteiger partial charge in [0.1, 0.15) is 22.9 Å². The first kappa shape index (κ1) is 24.6. The van der Waals surface area contributed by atoms with Gasteiger partial charge in [0.2, 0.25) is 0 Å². The number of likely N-dealkylation sites (N-methyl/N-ethyl adjacent to an activating group) is 1. The molecule has 1 N–H and O–H groups in total. The van der Waals surface area contributed by atoms with Crippen LogP contribution in [0.4, 0.5) is 5.82 Å². The summed E-state index contributed by atoms with van der Waals surface area (Å²) in [5, 5.41) is 3.14. The maximum absolute atomic E-state index is 6.34. The lowest BCUT2D eigenvalue weighted by Crippen LogP contribution is -2.46. The third-order valence-electron chi connectivity index (χ3n) is 7.43. The molecular formula is C28H38N6O2. The smallest absolute Gasteiger partial charge is 0.145 e. The number of hydrogen-bond donors (Lipinski definition) is 1. The largest absolute Gasteiger partial charge is 0.494 e. The van der Waals surface area contributed by atoms with E-state index < -0.39 is 0 Å². The van der Waals surface area contributed by atoms with Crippen LogP contribution in [0.1, 0.15) is 32.3 Å². The average molecular weight is 491 g/mol. The number of rotatable bonds is 7. The van der Waals surface area contributed by atoms with Gasteiger partial charge in [-0.2, -0.15) is 0 Å². The van der Waals surface area contributed by atoms with Gasteiger partial charge in [-0.1, -0.05) is 6.58 Å². The monoisotopic (exact) mass is 490 g/mol. The second-order valence-corrected chi connectivity index (χ2v) is 10.2. The maximum Gasteiger partial charge on any atom is 0.145 e. The van der Waals surface area contributed by atoms with Gasteiger partial charge in [-0.15, -0.1) is 0 Å². The minimum Gasteiger partial charge on any atom is -0.494 e. The summed E-state index contributed by atoms with van der Waals surface area (Å²) >= 11 is 0. The lowest BCUT2D eigenvalue weighted by Gasteiger charge is -2.35. The van der Waals surface area contributed by atoms with Crippen LogP contribution in [0.15, 0.2) is 37.0 Å². The Hall–Kier alpha value is -3.10. The van der Waals surface area contributed by atoms with Gasteiger partial charge in [0, 0.05) is 55.7 Å². The van der Waals surface area contributed by atoms with E-state index >= 15 is 0 Å². The van der Waals surface area contributed by atoms with Crippen molar-refractivity contribution in [2.45, 2.75) is 51.5 Å². The van der Waals surface area contributed by atoms with Gasteiger partial charge in [0.15, 0.2) is 0 Å². The fraction of sp³-hybridized carbons (Fsp3) is 0.500. The standard InChI is InChI=1S/C28H38N6O2/c1-18-8-7-11-33(18)26-10-9-21(14-30-26)28-31-24-12-22(20(3)29-4)13-25(35-6)27(24)34(28)17-23-16-32(5)15-19(2)36-23/h9-10,12-14,18-19,23,29H,3,7-8,11,15-17H2,1-2,4-6H3/t18-,19-,23-/m0/s1. The van der Waals surface area contributed by atoms with Crippen LogP contribution in [-0.2, 0) is 11.3 Å². The number of morpholine rings is 1. The molecule has 0 unspecified atom stereocenters. The number of imidazole rings is 1. The van der Waals surface area contributed by atoms with Gasteiger partial charge < -0.3 is 29.2 Å². The molecule has 0 radical (unpaired) electrons. The molecule has 0 aliphatic carbocycles. The van der Waals surface area contributed by atoms with Crippen molar-refractivity contribution in [1.29, 1.82) is 0 Å². The minimum absolute atomic E-state index is 0.0456. The number of aromatic nitrogens is 3. The molecule has 3 atom stereocenters. The number of anilines is 1. The van der Waals surface area contributed by atoms with Gasteiger partial charge in [0.05, 0.1) is 31.4 Å². The van der Waals surface area contributed by atoms with Gasteiger partial charge in [-0.05, 0) is 58.0 Å². The highest BCUT2D eigenvalue weighted by Gasteiger charge is 2.27. The number of methoxy groups -OCH3 is 1. The molecule has 2 fully saturated rings. The van der Waals surface area contributed by atoms with E-state index in [4.69, 9.17) is 19.4 Å². The van der Waals surface area contributed by atoms with Crippen molar-refractivity contribution >= 4 is 22.5 Å². The molecule has 36 heavy (non-hydrogen) atoms. The van der Waals surface area contributed by atoms with E-state index in [9.17, 15) is 0 Å². The minimum atomic E-state index is 0.0456. The Labute approximate surface area is 213 Å². The van der Waals surface area contributed by atoms with E-state index in [1.54, 1.807) is 7.11 Å². The number of benzene rings is 1. The van der Waals surface area contributed by atoms with Crippen LogP contribution in [0.25, 0.3) is 28.1 Å². The molecule has 3 aromatic rings. The van der Waals surface area contributed by atoms with Crippen LogP contribution in [0.5, 0.6) is 5.75 Å². The summed E-state index contributed by atoms with van der Waals surface area (Å²) in [6.45, 7) is 12.1. The number of nitrogens with zero attached hydrogens (tertiary/aromatic N) is 5. The van der Waals surface area contributed by atoms with Crippen molar-refractivity contribution in [3.63, 3.8) is 0 Å². The first-order valence-electron chi connectivity index (χ1n) is 12.9. The zero-order valence-corrected chi connectivity index (χ0v) is 22.1. The van der Waals surface area contributed by atoms with Crippen LogP contribution in [0.3, 0.4) is 0 Å². The summed E-state index contributed by atoms with van der Waals surface area (Å²) in [7, 11) is 5.73. The quantitative estimate of drug-likeness (QED) is 0.537. The van der Waals surface area contributed by atoms with E-state index in [0.29, 0.717) is 12.6 Å². The number of ether oxygens (including phenoxy) is 2. The van der Waals surface area contributed by atoms with Gasteiger partial charge >= 0.3 is 0 Å². The molecule has 2 aliphatic heterocycles. The lowest BCUT2D eigenvalue weighted by molar-refractivity contribution is -0.0752. The van der Waals surface area contributed by atoms with E-state index in [1.165, 1.54) is 12.8 Å². The highest BCUT2D eigenvalue weighted by molar-refractivity contribution is 5.89. The number of pyridine rings is 1. The maximum atomic E-state index is 6.34. The average Bonchev–Trinajstić information content (AvgIpc) is 3.46. The Morgan fingerprint density at radius 3 is 2.72 bits per heavy atom. The van der Waals surface area contributed by atoms with Crippen molar-refractivity contribution in [2.75, 3.05) is 45.7 Å². The van der Waals surface area contributed by atoms with Crippen LogP contribution >= 0.6 is 0 Å². The van der Waals surface area contributed by atoms with Crippen molar-refractivity contribution in [2.24, 2.45) is 0 Å². The van der Waals surface area contributed by atoms with Gasteiger partial charge in [-0.25, -0.2) is 9.97 Å². The molecule has 8 nitrogen and oxygen atoms in total. The zero-order chi connectivity index (χ0) is 25.4. The molecule has 2 aromatic heterocycles. The summed E-state index contributed by atoms with van der Waals surface area (Å²) < 4.78 is 14.5.